The molecule has 1 aliphatic carbocycles. The molecule has 0 aromatic heterocycles. The first kappa shape index (κ1) is 20.4. The van der Waals surface area contributed by atoms with Crippen LogP contribution in [0.15, 0.2) is 51.7 Å². The zero-order valence-corrected chi connectivity index (χ0v) is 17.3. The van der Waals surface area contributed by atoms with Crippen LogP contribution in [-0.4, -0.2) is 28.0 Å². The number of aromatic hydroxyl groups is 3. The van der Waals surface area contributed by atoms with Crippen molar-refractivity contribution in [1.29, 1.82) is 0 Å². The highest BCUT2D eigenvalue weighted by molar-refractivity contribution is 6.03. The van der Waals surface area contributed by atoms with Gasteiger partial charge in [0.1, 0.15) is 11.3 Å². The van der Waals surface area contributed by atoms with Crippen molar-refractivity contribution >= 4 is 11.0 Å². The van der Waals surface area contributed by atoms with E-state index in [1.807, 2.05) is 26.8 Å². The summed E-state index contributed by atoms with van der Waals surface area (Å²) in [6.07, 6.45) is -0.0467. The Bertz CT molecular complexity index is 1300. The van der Waals surface area contributed by atoms with Gasteiger partial charge in [-0.3, -0.25) is 4.79 Å². The Morgan fingerprint density at radius 3 is 2.39 bits per heavy atom. The summed E-state index contributed by atoms with van der Waals surface area (Å²) in [5.74, 6) is 0.256. The average molecular weight is 422 g/mol. The number of fused-ring (bicyclic) bond motifs is 2. The van der Waals surface area contributed by atoms with Crippen LogP contribution in [0.25, 0.3) is 33.4 Å². The fourth-order valence-corrected chi connectivity index (χ4v) is 3.52. The zero-order chi connectivity index (χ0) is 22.3. The quantitative estimate of drug-likeness (QED) is 0.311. The van der Waals surface area contributed by atoms with Gasteiger partial charge in [-0.2, -0.15) is 0 Å². The molecule has 0 bridgehead atoms. The Balaban J connectivity index is 2.07. The van der Waals surface area contributed by atoms with Crippen molar-refractivity contribution in [2.75, 3.05) is 6.61 Å². The molecule has 4 rings (SSSR count). The number of ether oxygens (including phenoxy) is 2. The first-order valence-electron chi connectivity index (χ1n) is 9.88. The predicted molar refractivity (Wildman–Crippen MR) is 116 cm³/mol. The van der Waals surface area contributed by atoms with E-state index in [9.17, 15) is 20.1 Å². The van der Waals surface area contributed by atoms with Crippen LogP contribution in [0, 0.1) is 0 Å². The Labute approximate surface area is 178 Å². The highest BCUT2D eigenvalue weighted by Gasteiger charge is 2.22. The normalized spacial score (nSPS) is 11.4. The molecule has 1 aliphatic heterocycles. The summed E-state index contributed by atoms with van der Waals surface area (Å²) in [5.41, 5.74) is 1.44. The Kier molecular flexibility index (Phi) is 5.10. The molecule has 2 aromatic rings. The highest BCUT2D eigenvalue weighted by Crippen LogP contribution is 2.45. The van der Waals surface area contributed by atoms with E-state index in [1.54, 1.807) is 12.1 Å². The monoisotopic (exact) mass is 422 g/mol. The minimum Gasteiger partial charge on any atom is -0.504 e. The SMILES string of the molecule is CCOc1cc(-c2c3cc(O)c(=O)cc-3oc3cc(O)c(O)cc23)ccc1OC(C)C. The summed E-state index contributed by atoms with van der Waals surface area (Å²) in [6.45, 7) is 6.13. The van der Waals surface area contributed by atoms with E-state index in [0.29, 0.717) is 40.2 Å². The molecule has 0 saturated carbocycles. The van der Waals surface area contributed by atoms with Gasteiger partial charge >= 0.3 is 0 Å². The lowest BCUT2D eigenvalue weighted by Crippen LogP contribution is -2.07. The Morgan fingerprint density at radius 2 is 1.68 bits per heavy atom. The lowest BCUT2D eigenvalue weighted by molar-refractivity contribution is 0.224. The molecule has 2 aliphatic rings. The predicted octanol–water partition coefficient (Wildman–Crippen LogP) is 4.87. The van der Waals surface area contributed by atoms with E-state index in [4.69, 9.17) is 13.9 Å². The van der Waals surface area contributed by atoms with Crippen LogP contribution in [0.4, 0.5) is 0 Å². The van der Waals surface area contributed by atoms with Gasteiger partial charge in [0.2, 0.25) is 5.43 Å². The van der Waals surface area contributed by atoms with Crippen molar-refractivity contribution in [3.8, 4) is 51.2 Å². The maximum Gasteiger partial charge on any atom is 0.223 e. The van der Waals surface area contributed by atoms with Crippen molar-refractivity contribution < 1.29 is 29.2 Å². The molecule has 0 atom stereocenters. The molecule has 1 heterocycles. The number of rotatable bonds is 5. The van der Waals surface area contributed by atoms with Crippen LogP contribution in [-0.2, 0) is 0 Å². The summed E-state index contributed by atoms with van der Waals surface area (Å²) in [7, 11) is 0. The number of benzene rings is 3. The first-order valence-corrected chi connectivity index (χ1v) is 9.88. The van der Waals surface area contributed by atoms with E-state index < -0.39 is 11.2 Å². The second-order valence-electron chi connectivity index (χ2n) is 7.39. The zero-order valence-electron chi connectivity index (χ0n) is 17.3. The largest absolute Gasteiger partial charge is 0.504 e. The van der Waals surface area contributed by atoms with Gasteiger partial charge in [0.15, 0.2) is 28.7 Å². The van der Waals surface area contributed by atoms with Crippen LogP contribution in [0.1, 0.15) is 20.8 Å². The summed E-state index contributed by atoms with van der Waals surface area (Å²) in [5, 5.41) is 30.6. The molecular formula is C24H22O7. The lowest BCUT2D eigenvalue weighted by atomic mass is 9.93. The van der Waals surface area contributed by atoms with Gasteiger partial charge in [0, 0.05) is 28.6 Å². The molecule has 3 N–H and O–H groups in total. The van der Waals surface area contributed by atoms with Crippen molar-refractivity contribution in [2.24, 2.45) is 0 Å². The number of phenolic OH excluding ortho intramolecular Hbond substituents is 3. The van der Waals surface area contributed by atoms with E-state index in [2.05, 4.69) is 0 Å². The molecule has 0 unspecified atom stereocenters. The van der Waals surface area contributed by atoms with E-state index in [1.165, 1.54) is 24.3 Å². The third-order valence-electron chi connectivity index (χ3n) is 4.79. The molecule has 0 fully saturated rings. The van der Waals surface area contributed by atoms with Gasteiger partial charge < -0.3 is 29.2 Å². The van der Waals surface area contributed by atoms with Crippen LogP contribution in [0.5, 0.6) is 28.7 Å². The molecular weight excluding hydrogens is 400 g/mol. The lowest BCUT2D eigenvalue weighted by Gasteiger charge is -2.19. The fourth-order valence-electron chi connectivity index (χ4n) is 3.52. The maximum absolute atomic E-state index is 12.0. The van der Waals surface area contributed by atoms with Crippen molar-refractivity contribution in [2.45, 2.75) is 26.9 Å². The molecule has 7 nitrogen and oxygen atoms in total. The van der Waals surface area contributed by atoms with Gasteiger partial charge in [-0.25, -0.2) is 0 Å². The molecule has 0 amide bonds. The van der Waals surface area contributed by atoms with Crippen LogP contribution < -0.4 is 14.9 Å². The van der Waals surface area contributed by atoms with Gasteiger partial charge in [0.25, 0.3) is 0 Å². The van der Waals surface area contributed by atoms with Crippen molar-refractivity contribution in [1.82, 2.24) is 0 Å². The summed E-state index contributed by atoms with van der Waals surface area (Å²) in [4.78, 5) is 12.0. The molecule has 160 valence electrons. The molecule has 0 saturated heterocycles. The van der Waals surface area contributed by atoms with Crippen LogP contribution in [0.3, 0.4) is 0 Å². The number of hydrogen-bond acceptors (Lipinski definition) is 7. The van der Waals surface area contributed by atoms with Gasteiger partial charge in [-0.05, 0) is 50.6 Å². The fraction of sp³-hybridized carbons (Fsp3) is 0.208. The van der Waals surface area contributed by atoms with E-state index in [0.717, 1.165) is 0 Å². The topological polar surface area (TPSA) is 109 Å². The summed E-state index contributed by atoms with van der Waals surface area (Å²) < 4.78 is 17.4. The summed E-state index contributed by atoms with van der Waals surface area (Å²) in [6, 6.07) is 10.6. The minimum atomic E-state index is -0.583. The van der Waals surface area contributed by atoms with Gasteiger partial charge in [0.05, 0.1) is 12.7 Å². The minimum absolute atomic E-state index is 0.0467. The van der Waals surface area contributed by atoms with E-state index in [-0.39, 0.29) is 28.9 Å². The molecule has 0 spiro atoms. The third kappa shape index (κ3) is 3.70. The average Bonchev–Trinajstić information content (AvgIpc) is 2.70. The molecule has 7 heteroatoms. The second kappa shape index (κ2) is 7.75. The molecule has 0 radical (unpaired) electrons. The van der Waals surface area contributed by atoms with Crippen molar-refractivity contribution in [3.63, 3.8) is 0 Å². The Hall–Kier alpha value is -3.87. The van der Waals surface area contributed by atoms with Crippen LogP contribution in [0.2, 0.25) is 0 Å². The number of hydrogen-bond donors (Lipinski definition) is 3. The summed E-state index contributed by atoms with van der Waals surface area (Å²) >= 11 is 0. The maximum atomic E-state index is 12.0. The smallest absolute Gasteiger partial charge is 0.223 e. The molecule has 31 heavy (non-hydrogen) atoms. The van der Waals surface area contributed by atoms with Gasteiger partial charge in [-0.15, -0.1) is 0 Å². The van der Waals surface area contributed by atoms with Crippen molar-refractivity contribution in [3.05, 3.63) is 52.7 Å². The number of phenols is 3. The standard InChI is InChI=1S/C24H22O7/c1-4-29-23-7-13(5-6-20(23)30-12(2)3)24-14-8-16(25)18(27)10-21(14)31-22-11-19(28)17(26)9-15(22)24/h5-12,25-27H,4H2,1-3H3. The van der Waals surface area contributed by atoms with Crippen LogP contribution >= 0.6 is 0 Å². The first-order chi connectivity index (χ1) is 14.8. The third-order valence-corrected chi connectivity index (χ3v) is 4.79. The molecule has 2 aromatic carbocycles. The van der Waals surface area contributed by atoms with Gasteiger partial charge in [-0.1, -0.05) is 6.07 Å². The second-order valence-corrected chi connectivity index (χ2v) is 7.39. The highest BCUT2D eigenvalue weighted by atomic mass is 16.5. The Morgan fingerprint density at radius 1 is 0.935 bits per heavy atom. The van der Waals surface area contributed by atoms with E-state index >= 15 is 0 Å².